The molecule has 3 aromatic rings. The zero-order valence-electron chi connectivity index (χ0n) is 13.5. The fourth-order valence-corrected chi connectivity index (χ4v) is 2.74. The van der Waals surface area contributed by atoms with Crippen molar-refractivity contribution < 1.29 is 14.3 Å². The minimum absolute atomic E-state index is 0.327. The third-order valence-electron chi connectivity index (χ3n) is 3.81. The molecule has 5 heteroatoms. The van der Waals surface area contributed by atoms with Crippen molar-refractivity contribution in [3.63, 3.8) is 0 Å². The highest BCUT2D eigenvalue weighted by Crippen LogP contribution is 2.27. The lowest BCUT2D eigenvalue weighted by Crippen LogP contribution is -2.30. The molecule has 0 fully saturated rings. The molecular weight excluding hydrogens is 338 g/mol. The third-order valence-corrected chi connectivity index (χ3v) is 4.05. The topological polar surface area (TPSA) is 55.4 Å². The van der Waals surface area contributed by atoms with Gasteiger partial charge < -0.3 is 10.1 Å². The maximum absolute atomic E-state index is 12.3. The quantitative estimate of drug-likeness (QED) is 0.676. The van der Waals surface area contributed by atoms with Crippen molar-refractivity contribution >= 4 is 40.3 Å². The number of fused-ring (bicyclic) bond motifs is 1. The molecule has 0 unspecified atom stereocenters. The van der Waals surface area contributed by atoms with E-state index in [0.717, 1.165) is 17.1 Å². The van der Waals surface area contributed by atoms with Gasteiger partial charge in [-0.3, -0.25) is 9.59 Å². The van der Waals surface area contributed by atoms with Gasteiger partial charge in [-0.25, -0.2) is 0 Å². The van der Waals surface area contributed by atoms with Gasteiger partial charge in [0, 0.05) is 10.7 Å². The van der Waals surface area contributed by atoms with E-state index in [2.05, 4.69) is 5.32 Å². The molecule has 0 aliphatic heterocycles. The van der Waals surface area contributed by atoms with E-state index >= 15 is 0 Å². The van der Waals surface area contributed by atoms with Gasteiger partial charge in [0.25, 0.3) is 5.91 Å². The van der Waals surface area contributed by atoms with E-state index in [9.17, 15) is 9.59 Å². The van der Waals surface area contributed by atoms with Gasteiger partial charge >= 0.3 is 0 Å². The number of ether oxygens (including phenoxy) is 1. The summed E-state index contributed by atoms with van der Waals surface area (Å²) in [4.78, 5) is 23.8. The Hall–Kier alpha value is -2.85. The lowest BCUT2D eigenvalue weighted by molar-refractivity contribution is -0.122. The minimum atomic E-state index is -0.779. The molecule has 0 saturated heterocycles. The summed E-state index contributed by atoms with van der Waals surface area (Å²) in [6.45, 7) is 1.63. The van der Waals surface area contributed by atoms with Crippen LogP contribution in [0, 0.1) is 0 Å². The predicted octanol–water partition coefficient (Wildman–Crippen LogP) is 4.71. The van der Waals surface area contributed by atoms with Crippen LogP contribution in [0.25, 0.3) is 10.8 Å². The molecule has 0 spiro atoms. The summed E-state index contributed by atoms with van der Waals surface area (Å²) >= 11 is 5.91. The minimum Gasteiger partial charge on any atom is -0.480 e. The number of carbonyl (C=O) groups is 2. The average molecular weight is 354 g/mol. The predicted molar refractivity (Wildman–Crippen MR) is 99.5 cm³/mol. The van der Waals surface area contributed by atoms with Gasteiger partial charge in [-0.15, -0.1) is 0 Å². The van der Waals surface area contributed by atoms with Crippen LogP contribution in [0.5, 0.6) is 5.75 Å². The molecule has 0 saturated carbocycles. The largest absolute Gasteiger partial charge is 0.480 e. The summed E-state index contributed by atoms with van der Waals surface area (Å²) in [5.41, 5.74) is 1.02. The highest BCUT2D eigenvalue weighted by molar-refractivity contribution is 6.30. The normalized spacial score (nSPS) is 11.8. The van der Waals surface area contributed by atoms with Gasteiger partial charge in [-0.05, 0) is 42.0 Å². The fraction of sp³-hybridized carbons (Fsp3) is 0.100. The van der Waals surface area contributed by atoms with Crippen molar-refractivity contribution in [2.75, 3.05) is 5.32 Å². The third kappa shape index (κ3) is 3.80. The van der Waals surface area contributed by atoms with E-state index in [-0.39, 0.29) is 5.91 Å². The molecule has 0 aliphatic carbocycles. The summed E-state index contributed by atoms with van der Waals surface area (Å²) in [6, 6.07) is 18.0. The standard InChI is InChI=1S/C20H16ClNO3/c1-13(20(24)22-16-7-4-6-15(21)11-16)25-19-10-9-14-5-2-3-8-17(14)18(19)12-23/h2-13H,1H3,(H,22,24)/t13-/m1/s1. The first-order valence-corrected chi connectivity index (χ1v) is 8.16. The van der Waals surface area contributed by atoms with E-state index in [1.54, 1.807) is 37.3 Å². The molecular formula is C20H16ClNO3. The number of benzene rings is 3. The molecule has 4 nitrogen and oxygen atoms in total. The number of aldehydes is 1. The van der Waals surface area contributed by atoms with E-state index < -0.39 is 6.10 Å². The molecule has 126 valence electrons. The van der Waals surface area contributed by atoms with Crippen molar-refractivity contribution in [3.05, 3.63) is 71.2 Å². The number of amides is 1. The zero-order valence-corrected chi connectivity index (χ0v) is 14.3. The van der Waals surface area contributed by atoms with Crippen LogP contribution >= 0.6 is 11.6 Å². The zero-order chi connectivity index (χ0) is 17.8. The molecule has 0 bridgehead atoms. The van der Waals surface area contributed by atoms with Crippen LogP contribution in [0.15, 0.2) is 60.7 Å². The maximum atomic E-state index is 12.3. The second-order valence-corrected chi connectivity index (χ2v) is 6.01. The molecule has 0 aromatic heterocycles. The molecule has 0 heterocycles. The van der Waals surface area contributed by atoms with Gasteiger partial charge in [-0.2, -0.15) is 0 Å². The second kappa shape index (κ2) is 7.36. The summed E-state index contributed by atoms with van der Waals surface area (Å²) in [5.74, 6) is 0.0507. The van der Waals surface area contributed by atoms with Crippen LogP contribution in [-0.4, -0.2) is 18.3 Å². The van der Waals surface area contributed by atoms with Crippen molar-refractivity contribution in [1.29, 1.82) is 0 Å². The molecule has 25 heavy (non-hydrogen) atoms. The smallest absolute Gasteiger partial charge is 0.265 e. The van der Waals surface area contributed by atoms with Crippen molar-refractivity contribution in [3.8, 4) is 5.75 Å². The highest BCUT2D eigenvalue weighted by Gasteiger charge is 2.17. The van der Waals surface area contributed by atoms with Crippen LogP contribution in [-0.2, 0) is 4.79 Å². The molecule has 0 radical (unpaired) electrons. The Morgan fingerprint density at radius 2 is 1.92 bits per heavy atom. The first-order chi connectivity index (χ1) is 12.1. The number of halogens is 1. The van der Waals surface area contributed by atoms with Gasteiger partial charge in [-0.1, -0.05) is 48.0 Å². The number of nitrogens with one attached hydrogen (secondary N) is 1. The number of anilines is 1. The second-order valence-electron chi connectivity index (χ2n) is 5.58. The van der Waals surface area contributed by atoms with E-state index in [1.807, 2.05) is 30.3 Å². The van der Waals surface area contributed by atoms with E-state index in [1.165, 1.54) is 0 Å². The molecule has 1 atom stereocenters. The van der Waals surface area contributed by atoms with Crippen LogP contribution in [0.3, 0.4) is 0 Å². The Morgan fingerprint density at radius 1 is 1.12 bits per heavy atom. The summed E-state index contributed by atoms with van der Waals surface area (Å²) < 4.78 is 5.73. The number of hydrogen-bond donors (Lipinski definition) is 1. The van der Waals surface area contributed by atoms with Crippen molar-refractivity contribution in [1.82, 2.24) is 0 Å². The first-order valence-electron chi connectivity index (χ1n) is 7.78. The highest BCUT2D eigenvalue weighted by atomic mass is 35.5. The molecule has 3 aromatic carbocycles. The van der Waals surface area contributed by atoms with Crippen LogP contribution in [0.1, 0.15) is 17.3 Å². The van der Waals surface area contributed by atoms with Gasteiger partial charge in [0.05, 0.1) is 5.56 Å². The van der Waals surface area contributed by atoms with E-state index in [0.29, 0.717) is 22.0 Å². The van der Waals surface area contributed by atoms with Crippen LogP contribution < -0.4 is 10.1 Å². The first kappa shape index (κ1) is 17.0. The Morgan fingerprint density at radius 3 is 2.68 bits per heavy atom. The van der Waals surface area contributed by atoms with Crippen molar-refractivity contribution in [2.45, 2.75) is 13.0 Å². The molecule has 1 N–H and O–H groups in total. The Kier molecular flexibility index (Phi) is 5.00. The van der Waals surface area contributed by atoms with Gasteiger partial charge in [0.1, 0.15) is 5.75 Å². The van der Waals surface area contributed by atoms with Crippen LogP contribution in [0.2, 0.25) is 5.02 Å². The van der Waals surface area contributed by atoms with Gasteiger partial charge in [0.2, 0.25) is 0 Å². The monoisotopic (exact) mass is 353 g/mol. The molecule has 1 amide bonds. The van der Waals surface area contributed by atoms with E-state index in [4.69, 9.17) is 16.3 Å². The Labute approximate surface area is 150 Å². The summed E-state index contributed by atoms with van der Waals surface area (Å²) in [6.07, 6.45) is -0.0296. The van der Waals surface area contributed by atoms with Crippen molar-refractivity contribution in [2.24, 2.45) is 0 Å². The average Bonchev–Trinajstić information content (AvgIpc) is 2.61. The fourth-order valence-electron chi connectivity index (χ4n) is 2.55. The van der Waals surface area contributed by atoms with Crippen LogP contribution in [0.4, 0.5) is 5.69 Å². The SMILES string of the molecule is C[C@@H](Oc1ccc2ccccc2c1C=O)C(=O)Nc1cccc(Cl)c1. The lowest BCUT2D eigenvalue weighted by atomic mass is 10.0. The number of carbonyl (C=O) groups excluding carboxylic acids is 2. The Bertz CT molecular complexity index is 939. The maximum Gasteiger partial charge on any atom is 0.265 e. The summed E-state index contributed by atoms with van der Waals surface area (Å²) in [7, 11) is 0. The van der Waals surface area contributed by atoms with Gasteiger partial charge in [0.15, 0.2) is 12.4 Å². The summed E-state index contributed by atoms with van der Waals surface area (Å²) in [5, 5.41) is 5.00. The lowest BCUT2D eigenvalue weighted by Gasteiger charge is -2.17. The molecule has 0 aliphatic rings. The number of rotatable bonds is 5. The Balaban J connectivity index is 1.80. The molecule has 3 rings (SSSR count). The number of hydrogen-bond acceptors (Lipinski definition) is 3.